The molecule has 1 atom stereocenters. The molecule has 1 unspecified atom stereocenters. The molecule has 0 saturated heterocycles. The van der Waals surface area contributed by atoms with Crippen molar-refractivity contribution >= 4 is 5.69 Å². The molecule has 0 aromatic heterocycles. The van der Waals surface area contributed by atoms with Crippen molar-refractivity contribution < 1.29 is 0 Å². The fourth-order valence-electron chi connectivity index (χ4n) is 2.36. The summed E-state index contributed by atoms with van der Waals surface area (Å²) in [5, 5.41) is 0. The zero-order valence-corrected chi connectivity index (χ0v) is 9.93. The molecule has 0 N–H and O–H groups in total. The van der Waals surface area contributed by atoms with E-state index in [1.807, 2.05) is 6.07 Å². The maximum Gasteiger partial charge on any atom is 0.126 e. The molecule has 2 aromatic carbocycles. The molecule has 84 valence electrons. The van der Waals surface area contributed by atoms with Gasteiger partial charge < -0.3 is 4.90 Å². The highest BCUT2D eigenvalue weighted by Crippen LogP contribution is 2.29. The summed E-state index contributed by atoms with van der Waals surface area (Å²) in [5.41, 5.74) is 3.83. The van der Waals surface area contributed by atoms with Gasteiger partial charge in [-0.1, -0.05) is 42.5 Å². The molecule has 2 aromatic rings. The van der Waals surface area contributed by atoms with Crippen LogP contribution in [0.4, 0.5) is 5.69 Å². The minimum Gasteiger partial charge on any atom is -0.353 e. The monoisotopic (exact) mass is 221 g/mol. The average Bonchev–Trinajstić information content (AvgIpc) is 2.39. The Balaban J connectivity index is 1.95. The molecular weight excluding hydrogens is 206 g/mol. The summed E-state index contributed by atoms with van der Waals surface area (Å²) >= 11 is 0. The molecule has 1 heterocycles. The predicted molar refractivity (Wildman–Crippen MR) is 70.9 cm³/mol. The Morgan fingerprint density at radius 3 is 2.53 bits per heavy atom. The van der Waals surface area contributed by atoms with Crippen molar-refractivity contribution in [1.29, 1.82) is 0 Å². The van der Waals surface area contributed by atoms with Crippen LogP contribution in [0.3, 0.4) is 0 Å². The van der Waals surface area contributed by atoms with Crippen molar-refractivity contribution in [2.45, 2.75) is 19.4 Å². The summed E-state index contributed by atoms with van der Waals surface area (Å²) in [6.07, 6.45) is 1.08. The van der Waals surface area contributed by atoms with E-state index in [0.29, 0.717) is 6.04 Å². The molecular formula is C16H15N. The van der Waals surface area contributed by atoms with Crippen LogP contribution in [0.2, 0.25) is 0 Å². The Bertz CT molecular complexity index is 504. The highest BCUT2D eigenvalue weighted by molar-refractivity contribution is 5.55. The van der Waals surface area contributed by atoms with Gasteiger partial charge in [0.05, 0.1) is 0 Å². The number of fused-ring (bicyclic) bond motifs is 1. The number of nitrogens with zero attached hydrogens (tertiary/aromatic N) is 1. The third kappa shape index (κ3) is 1.93. The normalized spacial score (nSPS) is 18.9. The topological polar surface area (TPSA) is 3.24 Å². The van der Waals surface area contributed by atoms with E-state index in [4.69, 9.17) is 0 Å². The molecule has 0 saturated carbocycles. The Labute approximate surface area is 103 Å². The Hall–Kier alpha value is -1.76. The fraction of sp³-hybridized carbons (Fsp3) is 0.188. The minimum atomic E-state index is 0.465. The third-order valence-electron chi connectivity index (χ3n) is 3.25. The molecule has 0 aliphatic carbocycles. The van der Waals surface area contributed by atoms with Crippen molar-refractivity contribution in [3.05, 3.63) is 72.3 Å². The van der Waals surface area contributed by atoms with E-state index < -0.39 is 0 Å². The molecule has 2 radical (unpaired) electrons. The maximum atomic E-state index is 3.50. The van der Waals surface area contributed by atoms with Gasteiger partial charge in [0.25, 0.3) is 0 Å². The maximum absolute atomic E-state index is 3.50. The zero-order valence-electron chi connectivity index (χ0n) is 9.93. The van der Waals surface area contributed by atoms with Crippen LogP contribution in [0, 0.1) is 6.54 Å². The van der Waals surface area contributed by atoms with E-state index in [0.717, 1.165) is 6.42 Å². The van der Waals surface area contributed by atoms with E-state index in [-0.39, 0.29) is 0 Å². The Morgan fingerprint density at radius 1 is 1.00 bits per heavy atom. The Kier molecular flexibility index (Phi) is 2.60. The van der Waals surface area contributed by atoms with Gasteiger partial charge in [0.1, 0.15) is 6.54 Å². The zero-order chi connectivity index (χ0) is 11.7. The van der Waals surface area contributed by atoms with E-state index in [1.54, 1.807) is 0 Å². The van der Waals surface area contributed by atoms with Gasteiger partial charge >= 0.3 is 0 Å². The number of anilines is 1. The van der Waals surface area contributed by atoms with Gasteiger partial charge in [-0.15, -0.1) is 0 Å². The lowest BCUT2D eigenvalue weighted by Gasteiger charge is -2.35. The average molecular weight is 221 g/mol. The molecule has 3 rings (SSSR count). The van der Waals surface area contributed by atoms with Gasteiger partial charge in [-0.05, 0) is 36.6 Å². The smallest absolute Gasteiger partial charge is 0.126 e. The first-order valence-electron chi connectivity index (χ1n) is 6.03. The van der Waals surface area contributed by atoms with Crippen molar-refractivity contribution in [3.63, 3.8) is 0 Å². The van der Waals surface area contributed by atoms with Crippen molar-refractivity contribution in [1.82, 2.24) is 0 Å². The summed E-state index contributed by atoms with van der Waals surface area (Å²) in [5.74, 6) is 0. The second kappa shape index (κ2) is 4.25. The van der Waals surface area contributed by atoms with Gasteiger partial charge in [0, 0.05) is 11.7 Å². The van der Waals surface area contributed by atoms with Crippen LogP contribution in [0.5, 0.6) is 0 Å². The van der Waals surface area contributed by atoms with Gasteiger partial charge in [-0.25, -0.2) is 0 Å². The number of hydrogen-bond acceptors (Lipinski definition) is 1. The van der Waals surface area contributed by atoms with E-state index >= 15 is 0 Å². The quantitative estimate of drug-likeness (QED) is 0.712. The summed E-state index contributed by atoms with van der Waals surface area (Å²) in [6, 6.07) is 19.4. The van der Waals surface area contributed by atoms with Crippen LogP contribution in [0.1, 0.15) is 18.1 Å². The van der Waals surface area contributed by atoms with Gasteiger partial charge in [-0.3, -0.25) is 0 Å². The summed E-state index contributed by atoms with van der Waals surface area (Å²) in [4.78, 5) is 2.24. The van der Waals surface area contributed by atoms with Crippen LogP contribution in [0.15, 0.2) is 54.6 Å². The standard InChI is InChI=1S/C16H15N/c1-13-11-14-7-5-6-8-15(14)12-17(13)16-9-3-2-4-10-16/h2-10,13H,11H2,1H3. The molecule has 0 fully saturated rings. The molecule has 1 nitrogen and oxygen atoms in total. The molecule has 0 bridgehead atoms. The highest BCUT2D eigenvalue weighted by Gasteiger charge is 2.23. The SMILES string of the molecule is CC1Cc2ccccc2[C]N1c1ccccc1. The number of rotatable bonds is 1. The van der Waals surface area contributed by atoms with E-state index in [1.165, 1.54) is 16.8 Å². The second-order valence-corrected chi connectivity index (χ2v) is 4.53. The molecule has 1 heteroatoms. The van der Waals surface area contributed by atoms with Crippen molar-refractivity contribution in [2.75, 3.05) is 4.90 Å². The molecule has 1 aliphatic rings. The van der Waals surface area contributed by atoms with Crippen LogP contribution in [-0.2, 0) is 6.42 Å². The first-order valence-corrected chi connectivity index (χ1v) is 6.03. The van der Waals surface area contributed by atoms with Gasteiger partial charge in [-0.2, -0.15) is 0 Å². The van der Waals surface area contributed by atoms with E-state index in [2.05, 4.69) is 66.9 Å². The highest BCUT2D eigenvalue weighted by atomic mass is 15.2. The number of benzene rings is 2. The van der Waals surface area contributed by atoms with Gasteiger partial charge in [0.2, 0.25) is 0 Å². The summed E-state index contributed by atoms with van der Waals surface area (Å²) < 4.78 is 0. The second-order valence-electron chi connectivity index (χ2n) is 4.53. The molecule has 0 spiro atoms. The lowest BCUT2D eigenvalue weighted by atomic mass is 9.94. The van der Waals surface area contributed by atoms with Gasteiger partial charge in [0.15, 0.2) is 0 Å². The minimum absolute atomic E-state index is 0.465. The van der Waals surface area contributed by atoms with Crippen LogP contribution >= 0.6 is 0 Å². The number of para-hydroxylation sites is 1. The fourth-order valence-corrected chi connectivity index (χ4v) is 2.36. The summed E-state index contributed by atoms with van der Waals surface area (Å²) in [6.45, 7) is 5.74. The largest absolute Gasteiger partial charge is 0.353 e. The summed E-state index contributed by atoms with van der Waals surface area (Å²) in [7, 11) is 0. The lowest BCUT2D eigenvalue weighted by molar-refractivity contribution is 0.658. The molecule has 0 amide bonds. The number of hydrogen-bond donors (Lipinski definition) is 0. The first-order chi connectivity index (χ1) is 8.34. The Morgan fingerprint density at radius 2 is 1.71 bits per heavy atom. The third-order valence-corrected chi connectivity index (χ3v) is 3.25. The van der Waals surface area contributed by atoms with Crippen LogP contribution in [-0.4, -0.2) is 6.04 Å². The first kappa shape index (κ1) is 10.4. The lowest BCUT2D eigenvalue weighted by Crippen LogP contribution is -2.36. The van der Waals surface area contributed by atoms with Crippen molar-refractivity contribution in [2.24, 2.45) is 0 Å². The molecule has 1 aliphatic heterocycles. The van der Waals surface area contributed by atoms with Crippen molar-refractivity contribution in [3.8, 4) is 0 Å². The predicted octanol–water partition coefficient (Wildman–Crippen LogP) is 3.52. The van der Waals surface area contributed by atoms with E-state index in [9.17, 15) is 0 Å². The van der Waals surface area contributed by atoms with Crippen LogP contribution in [0.25, 0.3) is 0 Å². The molecule has 17 heavy (non-hydrogen) atoms. The van der Waals surface area contributed by atoms with Crippen LogP contribution < -0.4 is 4.90 Å².